The monoisotopic (exact) mass is 1660 g/mol. The van der Waals surface area contributed by atoms with Crippen molar-refractivity contribution in [1.82, 2.24) is 0 Å². The molecule has 0 amide bonds. The summed E-state index contributed by atoms with van der Waals surface area (Å²) in [5.41, 5.74) is 19.2. The summed E-state index contributed by atoms with van der Waals surface area (Å²) in [5.74, 6) is 1.16. The maximum atomic E-state index is 13.1. The first-order chi connectivity index (χ1) is 52.6. The van der Waals surface area contributed by atoms with Gasteiger partial charge in [-0.15, -0.1) is 0 Å². The average molecular weight is 1670 g/mol. The van der Waals surface area contributed by atoms with E-state index in [1.807, 2.05) is 71.9 Å². The number of rotatable bonds is 12. The van der Waals surface area contributed by atoms with Crippen LogP contribution in [0.3, 0.4) is 0 Å². The molecule has 0 fully saturated rings. The van der Waals surface area contributed by atoms with Crippen molar-refractivity contribution in [2.45, 2.75) is 272 Å². The lowest BCUT2D eigenvalue weighted by Crippen LogP contribution is -2.09. The molecule has 0 spiro atoms. The third-order valence-electron chi connectivity index (χ3n) is 18.4. The molecule has 0 radical (unpaired) electrons. The second-order valence-electron chi connectivity index (χ2n) is 31.9. The Kier molecular flexibility index (Phi) is 47.9. The van der Waals surface area contributed by atoms with E-state index >= 15 is 0 Å². The van der Waals surface area contributed by atoms with Gasteiger partial charge in [0.25, 0.3) is 0 Å². The van der Waals surface area contributed by atoms with E-state index in [2.05, 4.69) is 245 Å². The highest BCUT2D eigenvalue weighted by molar-refractivity contribution is 9.10. The first kappa shape index (κ1) is 104. The molecule has 0 aliphatic rings. The van der Waals surface area contributed by atoms with Crippen molar-refractivity contribution < 1.29 is 39.5 Å². The van der Waals surface area contributed by atoms with Crippen LogP contribution in [0.2, 0.25) is 10.0 Å². The minimum absolute atomic E-state index is 0.0992. The van der Waals surface area contributed by atoms with Crippen molar-refractivity contribution in [1.29, 1.82) is 0 Å². The summed E-state index contributed by atoms with van der Waals surface area (Å²) in [5, 5.41) is 1.73. The zero-order valence-electron chi connectivity index (χ0n) is 72.6. The lowest BCUT2D eigenvalue weighted by atomic mass is 9.91. The van der Waals surface area contributed by atoms with Crippen molar-refractivity contribution in [2.24, 2.45) is 0 Å². The highest BCUT2D eigenvalue weighted by Gasteiger charge is 2.33. The van der Waals surface area contributed by atoms with Crippen molar-refractivity contribution in [3.63, 3.8) is 0 Å². The van der Waals surface area contributed by atoms with Crippen molar-refractivity contribution in [3.05, 3.63) is 350 Å². The van der Waals surface area contributed by atoms with E-state index in [0.717, 1.165) is 46.3 Å². The van der Waals surface area contributed by atoms with Crippen molar-refractivity contribution >= 4 is 39.1 Å². The highest BCUT2D eigenvalue weighted by atomic mass is 79.9. The third-order valence-corrected chi connectivity index (χ3v) is 19.5. The van der Waals surface area contributed by atoms with E-state index in [9.17, 15) is 39.5 Å². The standard InChI is InChI=1S/C12H18.2C11H16.2C10H13Cl.C10H11F3.C10H12F2.C9H11Br.2C9H10F2/c1-9(2)11-7-5-6-8-12(11)10(3)4;1-8(2)11-9(3)6-5-7-10(11)4;1-4-10-6-5-7-11(8-10)9(2)3;1-7(2)9-4-8(3)5-10(11)6-9;1-7(2)10-8(3)5-4-6-9(10)11;1-7(2)8-5-3-4-6-9(8)10(11,12)13;1-6(2)10-7(3)4-8(11)5-9(10)12;1-7(2)8-4-3-5-9(10)6-8;1-6(2)8-4-3-7(10)5-9(8)11;1-6(2)7-3-4-8(10)9(11)5-7/h5-10H,1-4H3;5-8H,1-4H3;5-9H,4H2,1-3H3;2*4-7H,1-3H3;3-7H,1-2H3;4-6H,1-3H3;3-7H,1-2H3;2*3-6H,1-2H3. The Morgan fingerprint density at radius 3 is 1.10 bits per heavy atom. The molecule has 0 saturated heterocycles. The summed E-state index contributed by atoms with van der Waals surface area (Å²) >= 11 is 15.3. The van der Waals surface area contributed by atoms with E-state index in [0.29, 0.717) is 63.7 Å². The smallest absolute Gasteiger partial charge is 0.207 e. The molecule has 0 bridgehead atoms. The number of halogens is 12. The molecule has 0 aliphatic carbocycles. The zero-order valence-corrected chi connectivity index (χ0v) is 75.7. The van der Waals surface area contributed by atoms with E-state index in [1.54, 1.807) is 32.9 Å². The average Bonchev–Trinajstić information content (AvgIpc) is 0.830. The van der Waals surface area contributed by atoms with Crippen LogP contribution in [0.25, 0.3) is 0 Å². The Morgan fingerprint density at radius 1 is 0.301 bits per heavy atom. The Hall–Kier alpha value is -7.37. The fraction of sp³-hybridized carbons (Fsp3) is 0.406. The van der Waals surface area contributed by atoms with Gasteiger partial charge < -0.3 is 0 Å². The number of alkyl halides is 3. The molecule has 12 heteroatoms. The van der Waals surface area contributed by atoms with Gasteiger partial charge in [-0.3, -0.25) is 0 Å². The first-order valence-corrected chi connectivity index (χ1v) is 41.2. The van der Waals surface area contributed by atoms with Gasteiger partial charge in [0.2, 0.25) is 0 Å². The van der Waals surface area contributed by atoms with Gasteiger partial charge in [-0.1, -0.05) is 326 Å². The molecule has 0 unspecified atom stereocenters. The molecule has 10 aromatic rings. The van der Waals surface area contributed by atoms with Crippen LogP contribution >= 0.6 is 39.1 Å². The molecule has 10 rings (SSSR count). The molecule has 113 heavy (non-hydrogen) atoms. The summed E-state index contributed by atoms with van der Waals surface area (Å²) in [7, 11) is 0. The molecule has 0 atom stereocenters. The molecule has 0 aromatic heterocycles. The van der Waals surface area contributed by atoms with Crippen LogP contribution in [0, 0.1) is 69.5 Å². The van der Waals surface area contributed by atoms with Crippen LogP contribution in [-0.2, 0) is 12.6 Å². The SMILES string of the molecule is CC(C)c1ccc(F)c(F)c1.CC(C)c1ccc(F)cc1F.CC(C)c1cccc(Br)c1.CC(C)c1ccccc1C(C)C.CC(C)c1ccccc1C(F)(F)F.CCc1cccc(C(C)C)c1.Cc1cc(Cl)cc(C(C)C)c1.Cc1cc(F)cc(F)c1C(C)C.Cc1cccc(C)c1C(C)C.Cc1cccc(Cl)c1C(C)C. The van der Waals surface area contributed by atoms with Gasteiger partial charge in [-0.2, -0.15) is 13.2 Å². The van der Waals surface area contributed by atoms with Gasteiger partial charge in [0.15, 0.2) is 11.6 Å². The predicted octanol–water partition coefficient (Wildman–Crippen LogP) is 35.3. The van der Waals surface area contributed by atoms with E-state index < -0.39 is 46.6 Å². The second-order valence-corrected chi connectivity index (χ2v) is 33.6. The number of aryl methyl sites for hydroxylation is 6. The fourth-order valence-electron chi connectivity index (χ4n) is 12.4. The van der Waals surface area contributed by atoms with Crippen LogP contribution in [-0.4, -0.2) is 0 Å². The summed E-state index contributed by atoms with van der Waals surface area (Å²) < 4.78 is 114. The molecular formula is C101H130BrCl2F9. The van der Waals surface area contributed by atoms with Crippen LogP contribution < -0.4 is 0 Å². The summed E-state index contributed by atoms with van der Waals surface area (Å²) in [6.45, 7) is 58.4. The molecule has 10 aromatic carbocycles. The van der Waals surface area contributed by atoms with Gasteiger partial charge in [0.05, 0.1) is 5.56 Å². The summed E-state index contributed by atoms with van der Waals surface area (Å²) in [6.07, 6.45) is -3.10. The van der Waals surface area contributed by atoms with Crippen LogP contribution in [0.4, 0.5) is 39.5 Å². The van der Waals surface area contributed by atoms with Gasteiger partial charge in [0.1, 0.15) is 23.3 Å². The molecule has 618 valence electrons. The van der Waals surface area contributed by atoms with Crippen molar-refractivity contribution in [2.75, 3.05) is 0 Å². The Labute approximate surface area is 695 Å². The lowest BCUT2D eigenvalue weighted by Gasteiger charge is -2.14. The largest absolute Gasteiger partial charge is 0.416 e. The quantitative estimate of drug-likeness (QED) is 0.107. The van der Waals surface area contributed by atoms with E-state index in [1.165, 1.54) is 108 Å². The molecule has 0 aliphatic heterocycles. The van der Waals surface area contributed by atoms with Gasteiger partial charge in [-0.25, -0.2) is 26.3 Å². The lowest BCUT2D eigenvalue weighted by molar-refractivity contribution is -0.138. The number of benzene rings is 10. The minimum Gasteiger partial charge on any atom is -0.207 e. The minimum atomic E-state index is -4.24. The van der Waals surface area contributed by atoms with E-state index in [4.69, 9.17) is 23.2 Å². The molecule has 0 N–H and O–H groups in total. The Balaban J connectivity index is 0.000000628. The molecule has 0 saturated carbocycles. The van der Waals surface area contributed by atoms with Crippen molar-refractivity contribution in [3.8, 4) is 0 Å². The van der Waals surface area contributed by atoms with Crippen LogP contribution in [0.15, 0.2) is 205 Å². The van der Waals surface area contributed by atoms with Crippen LogP contribution in [0.5, 0.6) is 0 Å². The maximum absolute atomic E-state index is 13.1. The van der Waals surface area contributed by atoms with Crippen LogP contribution in [0.1, 0.15) is 324 Å². The fourth-order valence-corrected chi connectivity index (χ4v) is 13.5. The molecular weight excluding hydrogens is 1530 g/mol. The predicted molar refractivity (Wildman–Crippen MR) is 475 cm³/mol. The Bertz CT molecular complexity index is 4220. The highest BCUT2D eigenvalue weighted by Crippen LogP contribution is 2.36. The second kappa shape index (κ2) is 52.3. The summed E-state index contributed by atoms with van der Waals surface area (Å²) in [6, 6.07) is 60.3. The van der Waals surface area contributed by atoms with Gasteiger partial charge >= 0.3 is 6.18 Å². The first-order valence-electron chi connectivity index (χ1n) is 39.6. The van der Waals surface area contributed by atoms with E-state index in [-0.39, 0.29) is 23.7 Å². The van der Waals surface area contributed by atoms with Gasteiger partial charge in [0, 0.05) is 26.7 Å². The van der Waals surface area contributed by atoms with Gasteiger partial charge in [-0.05, 0) is 261 Å². The molecule has 0 heterocycles. The normalized spacial score (nSPS) is 10.9. The summed E-state index contributed by atoms with van der Waals surface area (Å²) in [4.78, 5) is 0. The zero-order chi connectivity index (χ0) is 86.5. The topological polar surface area (TPSA) is 0 Å². The third kappa shape index (κ3) is 38.8. The number of hydrogen-bond acceptors (Lipinski definition) is 0. The Morgan fingerprint density at radius 2 is 0.726 bits per heavy atom. The maximum Gasteiger partial charge on any atom is 0.416 e. The molecule has 0 nitrogen and oxygen atoms in total. The number of hydrogen-bond donors (Lipinski definition) is 0.